The summed E-state index contributed by atoms with van der Waals surface area (Å²) in [6.45, 7) is 1.51. The van der Waals surface area contributed by atoms with Crippen LogP contribution in [0.4, 0.5) is 8.78 Å². The van der Waals surface area contributed by atoms with E-state index in [1.165, 1.54) is 46.2 Å². The van der Waals surface area contributed by atoms with Gasteiger partial charge in [0, 0.05) is 30.1 Å². The van der Waals surface area contributed by atoms with Crippen molar-refractivity contribution >= 4 is 23.2 Å². The maximum absolute atomic E-state index is 13.7. The summed E-state index contributed by atoms with van der Waals surface area (Å²) in [5.41, 5.74) is 1.35. The number of ether oxygens (including phenoxy) is 2. The molecule has 2 aliphatic rings. The van der Waals surface area contributed by atoms with Gasteiger partial charge in [0.15, 0.2) is 0 Å². The minimum absolute atomic E-state index is 0.122. The molecular weight excluding hydrogens is 498 g/mol. The van der Waals surface area contributed by atoms with E-state index < -0.39 is 5.82 Å². The molecule has 0 N–H and O–H groups in total. The highest BCUT2D eigenvalue weighted by molar-refractivity contribution is 7.10. The van der Waals surface area contributed by atoms with Gasteiger partial charge in [-0.05, 0) is 84.8 Å². The lowest BCUT2D eigenvalue weighted by Gasteiger charge is -2.37. The van der Waals surface area contributed by atoms with Crippen LogP contribution in [0.5, 0.6) is 5.75 Å². The predicted molar refractivity (Wildman–Crippen MR) is 136 cm³/mol. The topological polar surface area (TPSA) is 59.1 Å². The Morgan fingerprint density at radius 3 is 2.49 bits per heavy atom. The van der Waals surface area contributed by atoms with Crippen LogP contribution < -0.4 is 4.74 Å². The van der Waals surface area contributed by atoms with Crippen LogP contribution in [0.25, 0.3) is 0 Å². The van der Waals surface area contributed by atoms with Crippen LogP contribution in [0.1, 0.15) is 39.7 Å². The highest BCUT2D eigenvalue weighted by atomic mass is 32.1. The molecule has 37 heavy (non-hydrogen) atoms. The first kappa shape index (κ1) is 25.4. The van der Waals surface area contributed by atoms with Crippen molar-refractivity contribution in [1.29, 1.82) is 0 Å². The van der Waals surface area contributed by atoms with E-state index in [-0.39, 0.29) is 49.5 Å². The van der Waals surface area contributed by atoms with E-state index in [1.807, 2.05) is 11.4 Å². The lowest BCUT2D eigenvalue weighted by molar-refractivity contribution is -0.135. The van der Waals surface area contributed by atoms with Crippen LogP contribution in [0, 0.1) is 11.6 Å². The number of carbonyl (C=O) groups excluding carboxylic acids is 2. The Balaban J connectivity index is 1.34. The third-order valence-electron chi connectivity index (χ3n) is 6.79. The number of carbonyl (C=O) groups is 2. The molecule has 0 aliphatic carbocycles. The van der Waals surface area contributed by atoms with Crippen LogP contribution in [0.15, 0.2) is 60.0 Å². The van der Waals surface area contributed by atoms with Gasteiger partial charge in [-0.1, -0.05) is 0 Å². The Morgan fingerprint density at radius 2 is 1.78 bits per heavy atom. The monoisotopic (exact) mass is 526 g/mol. The Bertz CT molecular complexity index is 1230. The second-order valence-electron chi connectivity index (χ2n) is 9.24. The van der Waals surface area contributed by atoms with Gasteiger partial charge in [-0.2, -0.15) is 0 Å². The first-order valence-corrected chi connectivity index (χ1v) is 13.3. The molecule has 2 aliphatic heterocycles. The molecule has 5 rings (SSSR count). The summed E-state index contributed by atoms with van der Waals surface area (Å²) in [4.78, 5) is 31.5. The quantitative estimate of drug-likeness (QED) is 0.421. The molecule has 0 spiro atoms. The summed E-state index contributed by atoms with van der Waals surface area (Å²) in [7, 11) is 0. The summed E-state index contributed by atoms with van der Waals surface area (Å²) < 4.78 is 38.5. The molecule has 1 fully saturated rings. The third-order valence-corrected chi connectivity index (χ3v) is 7.79. The van der Waals surface area contributed by atoms with E-state index in [0.29, 0.717) is 24.5 Å². The number of rotatable bonds is 8. The van der Waals surface area contributed by atoms with Gasteiger partial charge in [0.25, 0.3) is 5.91 Å². The van der Waals surface area contributed by atoms with Crippen LogP contribution in [0.2, 0.25) is 0 Å². The first-order chi connectivity index (χ1) is 18.0. The van der Waals surface area contributed by atoms with Crippen molar-refractivity contribution in [1.82, 2.24) is 9.80 Å². The molecule has 6 nitrogen and oxygen atoms in total. The van der Waals surface area contributed by atoms with Gasteiger partial charge >= 0.3 is 0 Å². The van der Waals surface area contributed by atoms with E-state index in [0.717, 1.165) is 24.8 Å². The summed E-state index contributed by atoms with van der Waals surface area (Å²) in [6.07, 6.45) is 2.31. The number of hydrogen-bond acceptors (Lipinski definition) is 5. The van der Waals surface area contributed by atoms with Crippen LogP contribution in [-0.4, -0.2) is 60.6 Å². The van der Waals surface area contributed by atoms with E-state index >= 15 is 0 Å². The average Bonchev–Trinajstić information content (AvgIpc) is 3.60. The number of thiophene rings is 1. The first-order valence-electron chi connectivity index (χ1n) is 12.4. The SMILES string of the molecule is O=C(c1ccc(F)cc1)N(CC(=O)N1CCc2sccc2[C@H]1COc1ccc(F)cc1)C[C@@H]1CCCO1. The van der Waals surface area contributed by atoms with Crippen molar-refractivity contribution in [3.05, 3.63) is 87.6 Å². The standard InChI is InChI=1S/C28H28F2N2O4S/c29-20-5-3-19(4-6-20)28(34)31(16-23-2-1-14-35-23)17-27(33)32-13-11-26-24(12-15-37-26)25(32)18-36-22-9-7-21(30)8-10-22/h3-10,12,15,23,25H,1-2,11,13-14,16-18H2/t23-,25+/m0/s1. The number of amides is 2. The Labute approximate surface area is 218 Å². The van der Waals surface area contributed by atoms with E-state index in [9.17, 15) is 18.4 Å². The van der Waals surface area contributed by atoms with E-state index in [2.05, 4.69) is 0 Å². The highest BCUT2D eigenvalue weighted by Gasteiger charge is 2.34. The molecule has 0 saturated carbocycles. The predicted octanol–water partition coefficient (Wildman–Crippen LogP) is 4.85. The number of benzene rings is 2. The zero-order valence-corrected chi connectivity index (χ0v) is 21.1. The molecule has 194 valence electrons. The van der Waals surface area contributed by atoms with Crippen LogP contribution in [0.3, 0.4) is 0 Å². The largest absolute Gasteiger partial charge is 0.491 e. The zero-order valence-electron chi connectivity index (χ0n) is 20.3. The molecule has 3 heterocycles. The number of halogens is 2. The molecule has 2 amide bonds. The van der Waals surface area contributed by atoms with Gasteiger partial charge in [-0.25, -0.2) is 8.78 Å². The summed E-state index contributed by atoms with van der Waals surface area (Å²) in [6, 6.07) is 12.8. The molecule has 2 atom stereocenters. The Hall–Kier alpha value is -3.30. The highest BCUT2D eigenvalue weighted by Crippen LogP contribution is 2.34. The van der Waals surface area contributed by atoms with Crippen molar-refractivity contribution < 1.29 is 27.8 Å². The van der Waals surface area contributed by atoms with Crippen molar-refractivity contribution in [2.45, 2.75) is 31.4 Å². The molecule has 1 aromatic heterocycles. The van der Waals surface area contributed by atoms with Gasteiger partial charge < -0.3 is 19.3 Å². The average molecular weight is 527 g/mol. The molecule has 0 radical (unpaired) electrons. The van der Waals surface area contributed by atoms with Crippen molar-refractivity contribution in [2.24, 2.45) is 0 Å². The second kappa shape index (κ2) is 11.4. The minimum Gasteiger partial charge on any atom is -0.491 e. The van der Waals surface area contributed by atoms with Crippen molar-refractivity contribution in [2.75, 3.05) is 32.8 Å². The summed E-state index contributed by atoms with van der Waals surface area (Å²) in [5, 5.41) is 2.01. The molecule has 0 bridgehead atoms. The Kier molecular flexibility index (Phi) is 7.81. The van der Waals surface area contributed by atoms with Crippen molar-refractivity contribution in [3.63, 3.8) is 0 Å². The van der Waals surface area contributed by atoms with E-state index in [4.69, 9.17) is 9.47 Å². The fourth-order valence-corrected chi connectivity index (χ4v) is 5.79. The second-order valence-corrected chi connectivity index (χ2v) is 10.2. The third kappa shape index (κ3) is 5.99. The maximum atomic E-state index is 13.7. The van der Waals surface area contributed by atoms with Gasteiger partial charge in [-0.3, -0.25) is 9.59 Å². The molecular formula is C28H28F2N2O4S. The lowest BCUT2D eigenvalue weighted by Crippen LogP contribution is -2.49. The molecule has 0 unspecified atom stereocenters. The number of hydrogen-bond donors (Lipinski definition) is 0. The molecule has 3 aromatic rings. The smallest absolute Gasteiger partial charge is 0.254 e. The maximum Gasteiger partial charge on any atom is 0.254 e. The van der Waals surface area contributed by atoms with Crippen LogP contribution >= 0.6 is 11.3 Å². The minimum atomic E-state index is -0.429. The fraction of sp³-hybridized carbons (Fsp3) is 0.357. The van der Waals surface area contributed by atoms with Crippen molar-refractivity contribution in [3.8, 4) is 5.75 Å². The number of fused-ring (bicyclic) bond motifs is 1. The summed E-state index contributed by atoms with van der Waals surface area (Å²) >= 11 is 1.65. The fourth-order valence-electron chi connectivity index (χ4n) is 4.86. The lowest BCUT2D eigenvalue weighted by atomic mass is 10.00. The van der Waals surface area contributed by atoms with Gasteiger partial charge in [0.05, 0.1) is 12.1 Å². The van der Waals surface area contributed by atoms with E-state index in [1.54, 1.807) is 28.4 Å². The zero-order chi connectivity index (χ0) is 25.8. The summed E-state index contributed by atoms with van der Waals surface area (Å²) in [5.74, 6) is -0.793. The molecule has 2 aromatic carbocycles. The van der Waals surface area contributed by atoms with Crippen LogP contribution in [-0.2, 0) is 16.0 Å². The van der Waals surface area contributed by atoms with Gasteiger partial charge in [-0.15, -0.1) is 11.3 Å². The number of nitrogens with zero attached hydrogens (tertiary/aromatic N) is 2. The normalized spacial score (nSPS) is 18.9. The van der Waals surface area contributed by atoms with Gasteiger partial charge in [0.2, 0.25) is 5.91 Å². The molecule has 9 heteroatoms. The Morgan fingerprint density at radius 1 is 1.05 bits per heavy atom. The van der Waals surface area contributed by atoms with Gasteiger partial charge in [0.1, 0.15) is 30.5 Å². The molecule has 1 saturated heterocycles.